The SMILES string of the molecule is O=S(=O)(NCc1nccn1CCc1ccccc1)C1CCOCC1. The molecule has 1 aliphatic rings. The summed E-state index contributed by atoms with van der Waals surface area (Å²) in [5.74, 6) is 0.738. The van der Waals surface area contributed by atoms with Gasteiger partial charge < -0.3 is 9.30 Å². The average Bonchev–Trinajstić information content (AvgIpc) is 3.07. The first-order valence-corrected chi connectivity index (χ1v) is 9.80. The number of ether oxygens (including phenoxy) is 1. The van der Waals surface area contributed by atoms with Crippen molar-refractivity contribution in [1.82, 2.24) is 14.3 Å². The Balaban J connectivity index is 1.57. The second kappa shape index (κ2) is 7.92. The number of nitrogens with one attached hydrogen (secondary N) is 1. The van der Waals surface area contributed by atoms with Gasteiger partial charge in [-0.2, -0.15) is 0 Å². The highest BCUT2D eigenvalue weighted by Crippen LogP contribution is 2.15. The zero-order valence-electron chi connectivity index (χ0n) is 13.6. The van der Waals surface area contributed by atoms with E-state index >= 15 is 0 Å². The van der Waals surface area contributed by atoms with E-state index in [2.05, 4.69) is 21.8 Å². The molecule has 2 heterocycles. The Morgan fingerprint density at radius 1 is 1.21 bits per heavy atom. The third kappa shape index (κ3) is 4.43. The van der Waals surface area contributed by atoms with Crippen LogP contribution >= 0.6 is 0 Å². The van der Waals surface area contributed by atoms with Crippen LogP contribution in [0.4, 0.5) is 0 Å². The maximum atomic E-state index is 12.4. The molecule has 130 valence electrons. The summed E-state index contributed by atoms with van der Waals surface area (Å²) in [5, 5.41) is -0.362. The van der Waals surface area contributed by atoms with Crippen molar-refractivity contribution in [1.29, 1.82) is 0 Å². The molecule has 0 amide bonds. The van der Waals surface area contributed by atoms with Crippen LogP contribution in [-0.2, 0) is 34.3 Å². The normalized spacial score (nSPS) is 16.3. The lowest BCUT2D eigenvalue weighted by molar-refractivity contribution is 0.0981. The first kappa shape index (κ1) is 17.1. The molecule has 6 nitrogen and oxygen atoms in total. The average molecular weight is 349 g/mol. The van der Waals surface area contributed by atoms with E-state index in [9.17, 15) is 8.42 Å². The zero-order chi connectivity index (χ0) is 16.8. The predicted molar refractivity (Wildman–Crippen MR) is 92.0 cm³/mol. The molecule has 0 aliphatic carbocycles. The van der Waals surface area contributed by atoms with Crippen LogP contribution in [-0.4, -0.2) is 36.4 Å². The van der Waals surface area contributed by atoms with E-state index in [1.165, 1.54) is 5.56 Å². The highest BCUT2D eigenvalue weighted by molar-refractivity contribution is 7.90. The molecule has 2 aromatic rings. The number of aryl methyl sites for hydroxylation is 2. The highest BCUT2D eigenvalue weighted by Gasteiger charge is 2.27. The van der Waals surface area contributed by atoms with Crippen LogP contribution in [0.5, 0.6) is 0 Å². The lowest BCUT2D eigenvalue weighted by Crippen LogP contribution is -2.38. The molecule has 1 saturated heterocycles. The molecule has 1 fully saturated rings. The summed E-state index contributed by atoms with van der Waals surface area (Å²) < 4.78 is 34.7. The quantitative estimate of drug-likeness (QED) is 0.826. The first-order chi connectivity index (χ1) is 11.6. The van der Waals surface area contributed by atoms with Gasteiger partial charge in [0.05, 0.1) is 11.8 Å². The first-order valence-electron chi connectivity index (χ1n) is 8.25. The van der Waals surface area contributed by atoms with Crippen molar-refractivity contribution in [2.45, 2.75) is 37.6 Å². The van der Waals surface area contributed by atoms with E-state index in [0.29, 0.717) is 26.1 Å². The van der Waals surface area contributed by atoms with Crippen LogP contribution in [0.2, 0.25) is 0 Å². The van der Waals surface area contributed by atoms with Crippen molar-refractivity contribution in [3.05, 3.63) is 54.1 Å². The van der Waals surface area contributed by atoms with Gasteiger partial charge in [-0.05, 0) is 24.8 Å². The van der Waals surface area contributed by atoms with Gasteiger partial charge in [-0.3, -0.25) is 0 Å². The number of aromatic nitrogens is 2. The van der Waals surface area contributed by atoms with Gasteiger partial charge in [0.1, 0.15) is 5.82 Å². The van der Waals surface area contributed by atoms with Crippen molar-refractivity contribution in [2.75, 3.05) is 13.2 Å². The van der Waals surface area contributed by atoms with Crippen molar-refractivity contribution >= 4 is 10.0 Å². The Hall–Kier alpha value is -1.70. The van der Waals surface area contributed by atoms with E-state index < -0.39 is 10.0 Å². The summed E-state index contributed by atoms with van der Waals surface area (Å²) in [4.78, 5) is 4.29. The molecule has 0 atom stereocenters. The third-order valence-electron chi connectivity index (χ3n) is 4.32. The minimum absolute atomic E-state index is 0.224. The van der Waals surface area contributed by atoms with Crippen molar-refractivity contribution in [2.24, 2.45) is 0 Å². The number of imidazole rings is 1. The second-order valence-corrected chi connectivity index (χ2v) is 8.00. The van der Waals surface area contributed by atoms with E-state index in [1.807, 2.05) is 29.0 Å². The molecular weight excluding hydrogens is 326 g/mol. The molecule has 0 radical (unpaired) electrons. The Morgan fingerprint density at radius 3 is 2.71 bits per heavy atom. The van der Waals surface area contributed by atoms with Crippen LogP contribution in [0.1, 0.15) is 24.2 Å². The number of rotatable bonds is 7. The minimum Gasteiger partial charge on any atom is -0.381 e. The van der Waals surface area contributed by atoms with Gasteiger partial charge in [0, 0.05) is 32.2 Å². The van der Waals surface area contributed by atoms with E-state index in [4.69, 9.17) is 4.74 Å². The highest BCUT2D eigenvalue weighted by atomic mass is 32.2. The number of benzene rings is 1. The van der Waals surface area contributed by atoms with Crippen LogP contribution in [0.15, 0.2) is 42.7 Å². The van der Waals surface area contributed by atoms with Crippen molar-refractivity contribution < 1.29 is 13.2 Å². The molecule has 3 rings (SSSR count). The number of hydrogen-bond acceptors (Lipinski definition) is 4. The Bertz CT molecular complexity index is 737. The maximum Gasteiger partial charge on any atom is 0.215 e. The summed E-state index contributed by atoms with van der Waals surface area (Å²) in [7, 11) is -3.33. The number of nitrogens with zero attached hydrogens (tertiary/aromatic N) is 2. The summed E-state index contributed by atoms with van der Waals surface area (Å²) in [6.45, 7) is 2.02. The molecule has 0 spiro atoms. The summed E-state index contributed by atoms with van der Waals surface area (Å²) in [6, 6.07) is 10.2. The summed E-state index contributed by atoms with van der Waals surface area (Å²) in [5.41, 5.74) is 1.25. The third-order valence-corrected chi connectivity index (χ3v) is 6.22. The van der Waals surface area contributed by atoms with Gasteiger partial charge in [0.15, 0.2) is 0 Å². The maximum absolute atomic E-state index is 12.4. The number of hydrogen-bond donors (Lipinski definition) is 1. The van der Waals surface area contributed by atoms with Gasteiger partial charge in [-0.15, -0.1) is 0 Å². The fourth-order valence-electron chi connectivity index (χ4n) is 2.87. The van der Waals surface area contributed by atoms with Gasteiger partial charge >= 0.3 is 0 Å². The minimum atomic E-state index is -3.33. The van der Waals surface area contributed by atoms with Crippen LogP contribution < -0.4 is 4.72 Å². The molecule has 24 heavy (non-hydrogen) atoms. The fraction of sp³-hybridized carbons (Fsp3) is 0.471. The zero-order valence-corrected chi connectivity index (χ0v) is 14.4. The molecule has 1 aliphatic heterocycles. The largest absolute Gasteiger partial charge is 0.381 e. The Kier molecular flexibility index (Phi) is 5.65. The Morgan fingerprint density at radius 2 is 1.96 bits per heavy atom. The molecule has 7 heteroatoms. The smallest absolute Gasteiger partial charge is 0.215 e. The molecule has 0 saturated carbocycles. The summed E-state index contributed by atoms with van der Waals surface area (Å²) in [6.07, 6.45) is 5.59. The van der Waals surface area contributed by atoms with E-state index in [1.54, 1.807) is 6.20 Å². The molecule has 1 aromatic heterocycles. The van der Waals surface area contributed by atoms with Gasteiger partial charge in [-0.1, -0.05) is 30.3 Å². The second-order valence-electron chi connectivity index (χ2n) is 5.95. The monoisotopic (exact) mass is 349 g/mol. The summed E-state index contributed by atoms with van der Waals surface area (Å²) >= 11 is 0. The Labute approximate surface area is 142 Å². The van der Waals surface area contributed by atoms with Gasteiger partial charge in [0.2, 0.25) is 10.0 Å². The molecule has 0 unspecified atom stereocenters. The fourth-order valence-corrected chi connectivity index (χ4v) is 4.25. The lowest BCUT2D eigenvalue weighted by Gasteiger charge is -2.22. The molecule has 1 aromatic carbocycles. The van der Waals surface area contributed by atoms with Crippen molar-refractivity contribution in [3.63, 3.8) is 0 Å². The molecule has 1 N–H and O–H groups in total. The van der Waals surface area contributed by atoms with E-state index in [-0.39, 0.29) is 11.8 Å². The molecular formula is C17H23N3O3S. The van der Waals surface area contributed by atoms with Crippen LogP contribution in [0, 0.1) is 0 Å². The number of sulfonamides is 1. The van der Waals surface area contributed by atoms with E-state index in [0.717, 1.165) is 18.8 Å². The lowest BCUT2D eigenvalue weighted by atomic mass is 10.1. The van der Waals surface area contributed by atoms with Crippen molar-refractivity contribution in [3.8, 4) is 0 Å². The van der Waals surface area contributed by atoms with Gasteiger partial charge in [-0.25, -0.2) is 18.1 Å². The van der Waals surface area contributed by atoms with Crippen LogP contribution in [0.3, 0.4) is 0 Å². The molecule has 0 bridgehead atoms. The standard InChI is InChI=1S/C17H23N3O3S/c21-24(22,16-7-12-23-13-8-16)19-14-17-18-9-11-20(17)10-6-15-4-2-1-3-5-15/h1-5,9,11,16,19H,6-8,10,12-14H2. The topological polar surface area (TPSA) is 73.2 Å². The predicted octanol–water partition coefficient (Wildman–Crippen LogP) is 1.72. The van der Waals surface area contributed by atoms with Gasteiger partial charge in [0.25, 0.3) is 0 Å². The van der Waals surface area contributed by atoms with Crippen LogP contribution in [0.25, 0.3) is 0 Å².